The maximum atomic E-state index is 8.92. The summed E-state index contributed by atoms with van der Waals surface area (Å²) in [6.45, 7) is 1.24. The second-order valence-corrected chi connectivity index (χ2v) is 3.08. The number of aliphatic hydroxyl groups is 1. The largest absolute Gasteiger partial charge is 0.396 e. The van der Waals surface area contributed by atoms with E-state index in [2.05, 4.69) is 9.55 Å². The summed E-state index contributed by atoms with van der Waals surface area (Å²) in [5, 5.41) is 8.92. The molecule has 1 aliphatic rings. The number of rotatable bonds is 1. The topological polar surface area (TPSA) is 38.1 Å². The van der Waals surface area contributed by atoms with Gasteiger partial charge >= 0.3 is 0 Å². The van der Waals surface area contributed by atoms with Gasteiger partial charge in [0.05, 0.1) is 0 Å². The van der Waals surface area contributed by atoms with E-state index in [1.165, 1.54) is 0 Å². The fraction of sp³-hybridized carbons (Fsp3) is 0.625. The molecular weight excluding hydrogens is 140 g/mol. The molecule has 1 atom stereocenters. The van der Waals surface area contributed by atoms with Gasteiger partial charge in [0.15, 0.2) is 0 Å². The minimum absolute atomic E-state index is 0.303. The molecule has 1 N–H and O–H groups in total. The quantitative estimate of drug-likeness (QED) is 0.634. The third-order valence-corrected chi connectivity index (χ3v) is 2.29. The lowest BCUT2D eigenvalue weighted by molar-refractivity contribution is 0.190. The maximum absolute atomic E-state index is 8.92. The zero-order valence-electron chi connectivity index (χ0n) is 6.40. The number of imidazole rings is 1. The van der Waals surface area contributed by atoms with Crippen LogP contribution in [-0.4, -0.2) is 21.3 Å². The second-order valence-electron chi connectivity index (χ2n) is 3.08. The van der Waals surface area contributed by atoms with Gasteiger partial charge in [-0.3, -0.25) is 0 Å². The number of aliphatic hydroxyl groups excluding tert-OH is 1. The molecule has 60 valence electrons. The van der Waals surface area contributed by atoms with Crippen molar-refractivity contribution < 1.29 is 5.11 Å². The maximum Gasteiger partial charge on any atom is 0.108 e. The Hall–Kier alpha value is -0.830. The van der Waals surface area contributed by atoms with Crippen LogP contribution in [0.15, 0.2) is 12.4 Å². The smallest absolute Gasteiger partial charge is 0.108 e. The molecule has 0 aromatic carbocycles. The van der Waals surface area contributed by atoms with Crippen LogP contribution in [-0.2, 0) is 13.0 Å². The van der Waals surface area contributed by atoms with Gasteiger partial charge in [0, 0.05) is 37.9 Å². The molecule has 0 fully saturated rings. The summed E-state index contributed by atoms with van der Waals surface area (Å²) < 4.78 is 2.13. The predicted molar refractivity (Wildman–Crippen MR) is 41.1 cm³/mol. The highest BCUT2D eigenvalue weighted by atomic mass is 16.3. The zero-order valence-corrected chi connectivity index (χ0v) is 6.40. The van der Waals surface area contributed by atoms with E-state index >= 15 is 0 Å². The Labute approximate surface area is 65.7 Å². The lowest BCUT2D eigenvalue weighted by Gasteiger charge is -2.21. The van der Waals surface area contributed by atoms with Crippen LogP contribution in [0.4, 0.5) is 0 Å². The van der Waals surface area contributed by atoms with E-state index < -0.39 is 0 Å². The van der Waals surface area contributed by atoms with Gasteiger partial charge in [-0.15, -0.1) is 0 Å². The highest BCUT2D eigenvalue weighted by Gasteiger charge is 2.17. The van der Waals surface area contributed by atoms with E-state index in [0.717, 1.165) is 25.2 Å². The molecular formula is C8H12N2O. The predicted octanol–water partition coefficient (Wildman–Crippen LogP) is 0.438. The normalized spacial score (nSPS) is 23.2. The van der Waals surface area contributed by atoms with Crippen molar-refractivity contribution in [2.45, 2.75) is 19.4 Å². The Morgan fingerprint density at radius 2 is 2.64 bits per heavy atom. The van der Waals surface area contributed by atoms with Crippen LogP contribution >= 0.6 is 0 Å². The average Bonchev–Trinajstić information content (AvgIpc) is 2.50. The molecule has 0 aliphatic carbocycles. The van der Waals surface area contributed by atoms with Gasteiger partial charge in [0.2, 0.25) is 0 Å². The second kappa shape index (κ2) is 2.66. The first-order valence-electron chi connectivity index (χ1n) is 4.01. The number of nitrogens with zero attached hydrogens (tertiary/aromatic N) is 2. The van der Waals surface area contributed by atoms with E-state index in [1.807, 2.05) is 12.4 Å². The minimum Gasteiger partial charge on any atom is -0.396 e. The van der Waals surface area contributed by atoms with Crippen LogP contribution in [0.25, 0.3) is 0 Å². The first-order valence-corrected chi connectivity index (χ1v) is 4.01. The highest BCUT2D eigenvalue weighted by Crippen LogP contribution is 2.17. The fourth-order valence-corrected chi connectivity index (χ4v) is 1.59. The minimum atomic E-state index is 0.303. The van der Waals surface area contributed by atoms with E-state index in [9.17, 15) is 0 Å². The van der Waals surface area contributed by atoms with Crippen LogP contribution in [0.5, 0.6) is 0 Å². The molecule has 1 unspecified atom stereocenters. The van der Waals surface area contributed by atoms with Gasteiger partial charge in [-0.2, -0.15) is 0 Å². The molecule has 0 spiro atoms. The molecule has 0 radical (unpaired) electrons. The number of aromatic nitrogens is 2. The van der Waals surface area contributed by atoms with Gasteiger partial charge in [0.25, 0.3) is 0 Å². The van der Waals surface area contributed by atoms with E-state index in [-0.39, 0.29) is 0 Å². The lowest BCUT2D eigenvalue weighted by Crippen LogP contribution is -2.22. The van der Waals surface area contributed by atoms with Crippen molar-refractivity contribution >= 4 is 0 Å². The summed E-state index contributed by atoms with van der Waals surface area (Å²) in [6, 6.07) is 0. The van der Waals surface area contributed by atoms with Crippen LogP contribution in [0.1, 0.15) is 12.2 Å². The van der Waals surface area contributed by atoms with E-state index in [4.69, 9.17) is 5.11 Å². The van der Waals surface area contributed by atoms with Gasteiger partial charge in [-0.25, -0.2) is 4.98 Å². The fourth-order valence-electron chi connectivity index (χ4n) is 1.59. The van der Waals surface area contributed by atoms with Crippen molar-refractivity contribution in [3.05, 3.63) is 18.2 Å². The summed E-state index contributed by atoms with van der Waals surface area (Å²) >= 11 is 0. The van der Waals surface area contributed by atoms with Crippen molar-refractivity contribution in [3.63, 3.8) is 0 Å². The van der Waals surface area contributed by atoms with Crippen LogP contribution < -0.4 is 0 Å². The third-order valence-electron chi connectivity index (χ3n) is 2.29. The van der Waals surface area contributed by atoms with Crippen LogP contribution in [0.3, 0.4) is 0 Å². The third kappa shape index (κ3) is 1.16. The molecule has 1 aromatic rings. The van der Waals surface area contributed by atoms with Gasteiger partial charge in [-0.1, -0.05) is 0 Å². The average molecular weight is 152 g/mol. The molecule has 0 saturated carbocycles. The lowest BCUT2D eigenvalue weighted by atomic mass is 10.0. The number of hydrogen-bond acceptors (Lipinski definition) is 2. The van der Waals surface area contributed by atoms with Gasteiger partial charge in [-0.05, 0) is 6.42 Å². The molecule has 3 heteroatoms. The number of fused-ring (bicyclic) bond motifs is 1. The first-order chi connectivity index (χ1) is 5.40. The first kappa shape index (κ1) is 6.85. The molecule has 3 nitrogen and oxygen atoms in total. The molecule has 1 aliphatic heterocycles. The van der Waals surface area contributed by atoms with Gasteiger partial charge in [0.1, 0.15) is 5.82 Å². The van der Waals surface area contributed by atoms with Crippen molar-refractivity contribution in [1.29, 1.82) is 0 Å². The number of aryl methyl sites for hydroxylation is 1. The summed E-state index contributed by atoms with van der Waals surface area (Å²) in [5.74, 6) is 1.60. The SMILES string of the molecule is OCC1CCc2nccn2C1. The molecule has 11 heavy (non-hydrogen) atoms. The van der Waals surface area contributed by atoms with Crippen molar-refractivity contribution in [2.24, 2.45) is 5.92 Å². The standard InChI is InChI=1S/C8H12N2O/c11-6-7-1-2-8-9-3-4-10(8)5-7/h3-4,7,11H,1-2,5-6H2. The van der Waals surface area contributed by atoms with Crippen molar-refractivity contribution in [2.75, 3.05) is 6.61 Å². The summed E-state index contributed by atoms with van der Waals surface area (Å²) in [5.41, 5.74) is 0. The molecule has 2 heterocycles. The van der Waals surface area contributed by atoms with Crippen LogP contribution in [0.2, 0.25) is 0 Å². The summed E-state index contributed by atoms with van der Waals surface area (Å²) in [6.07, 6.45) is 5.90. The number of hydrogen-bond donors (Lipinski definition) is 1. The van der Waals surface area contributed by atoms with Crippen molar-refractivity contribution in [1.82, 2.24) is 9.55 Å². The van der Waals surface area contributed by atoms with Crippen LogP contribution in [0, 0.1) is 5.92 Å². The Balaban J connectivity index is 2.18. The van der Waals surface area contributed by atoms with Gasteiger partial charge < -0.3 is 9.67 Å². The molecule has 0 bridgehead atoms. The summed E-state index contributed by atoms with van der Waals surface area (Å²) in [7, 11) is 0. The Morgan fingerprint density at radius 1 is 1.73 bits per heavy atom. The molecule has 1 aromatic heterocycles. The van der Waals surface area contributed by atoms with E-state index in [1.54, 1.807) is 0 Å². The Morgan fingerprint density at radius 3 is 3.45 bits per heavy atom. The zero-order chi connectivity index (χ0) is 7.68. The monoisotopic (exact) mass is 152 g/mol. The van der Waals surface area contributed by atoms with Crippen molar-refractivity contribution in [3.8, 4) is 0 Å². The molecule has 0 saturated heterocycles. The van der Waals surface area contributed by atoms with E-state index in [0.29, 0.717) is 12.5 Å². The molecule has 0 amide bonds. The highest BCUT2D eigenvalue weighted by molar-refractivity contribution is 4.96. The molecule has 2 rings (SSSR count). The Kier molecular flexibility index (Phi) is 1.66. The Bertz CT molecular complexity index is 244. The summed E-state index contributed by atoms with van der Waals surface area (Å²) in [4.78, 5) is 4.21.